The second-order valence-electron chi connectivity index (χ2n) is 5.02. The summed E-state index contributed by atoms with van der Waals surface area (Å²) < 4.78 is 0. The zero-order chi connectivity index (χ0) is 12.0. The van der Waals surface area contributed by atoms with Gasteiger partial charge in [0.1, 0.15) is 0 Å². The zero-order valence-electron chi connectivity index (χ0n) is 11.2. The number of hydrogen-bond donors (Lipinski definition) is 0. The molecule has 1 aliphatic rings. The monoisotopic (exact) mass is 221 g/mol. The van der Waals surface area contributed by atoms with Crippen molar-refractivity contribution in [2.75, 3.05) is 13.6 Å². The van der Waals surface area contributed by atoms with Gasteiger partial charge in [0.25, 0.3) is 0 Å². The Morgan fingerprint density at radius 1 is 1.50 bits per heavy atom. The Labute approximate surface area is 101 Å². The number of allylic oxidation sites excluding steroid dienone is 2. The predicted octanol–water partition coefficient (Wildman–Crippen LogP) is 4.02. The van der Waals surface area contributed by atoms with Gasteiger partial charge in [0, 0.05) is 6.04 Å². The van der Waals surface area contributed by atoms with Gasteiger partial charge in [-0.3, -0.25) is 0 Å². The molecule has 1 saturated heterocycles. The minimum atomic E-state index is 0.780. The third-order valence-corrected chi connectivity index (χ3v) is 3.91. The quantitative estimate of drug-likeness (QED) is 0.463. The fourth-order valence-corrected chi connectivity index (χ4v) is 2.69. The van der Waals surface area contributed by atoms with Crippen LogP contribution in [0, 0.1) is 5.92 Å². The lowest BCUT2D eigenvalue weighted by Gasteiger charge is -2.43. The molecule has 0 N–H and O–H groups in total. The second-order valence-corrected chi connectivity index (χ2v) is 5.02. The van der Waals surface area contributed by atoms with Crippen LogP contribution in [0.5, 0.6) is 0 Å². The smallest absolute Gasteiger partial charge is 0.0170 e. The summed E-state index contributed by atoms with van der Waals surface area (Å²) in [5.41, 5.74) is 1.60. The molecule has 0 aliphatic carbocycles. The van der Waals surface area contributed by atoms with Gasteiger partial charge in [-0.1, -0.05) is 24.6 Å². The largest absolute Gasteiger partial charge is 0.303 e. The highest BCUT2D eigenvalue weighted by Gasteiger charge is 2.31. The Balaban J connectivity index is 2.41. The van der Waals surface area contributed by atoms with E-state index in [2.05, 4.69) is 38.5 Å². The molecule has 0 amide bonds. The third kappa shape index (κ3) is 3.48. The van der Waals surface area contributed by atoms with Gasteiger partial charge in [-0.2, -0.15) is 0 Å². The highest BCUT2D eigenvalue weighted by atomic mass is 15.2. The molecule has 0 aromatic heterocycles. The van der Waals surface area contributed by atoms with Crippen molar-refractivity contribution >= 4 is 0 Å². The number of hydrogen-bond acceptors (Lipinski definition) is 1. The molecule has 1 heterocycles. The van der Waals surface area contributed by atoms with Crippen molar-refractivity contribution in [3.63, 3.8) is 0 Å². The summed E-state index contributed by atoms with van der Waals surface area (Å²) in [7, 11) is 2.25. The summed E-state index contributed by atoms with van der Waals surface area (Å²) in [4.78, 5) is 2.50. The van der Waals surface area contributed by atoms with Crippen LogP contribution in [0.25, 0.3) is 0 Å². The maximum atomic E-state index is 3.76. The molecule has 0 radical (unpaired) electrons. The minimum absolute atomic E-state index is 0.780. The molecule has 0 saturated carbocycles. The lowest BCUT2D eigenvalue weighted by atomic mass is 9.82. The van der Waals surface area contributed by atoms with Crippen molar-refractivity contribution in [2.45, 2.75) is 52.0 Å². The molecule has 1 heteroatoms. The molecule has 16 heavy (non-hydrogen) atoms. The average Bonchev–Trinajstić information content (AvgIpc) is 2.29. The molecule has 0 aromatic carbocycles. The highest BCUT2D eigenvalue weighted by Crippen LogP contribution is 2.30. The van der Waals surface area contributed by atoms with E-state index in [1.54, 1.807) is 5.57 Å². The van der Waals surface area contributed by atoms with E-state index in [9.17, 15) is 0 Å². The van der Waals surface area contributed by atoms with Crippen molar-refractivity contribution in [3.05, 3.63) is 24.3 Å². The molecule has 0 spiro atoms. The third-order valence-electron chi connectivity index (χ3n) is 3.91. The summed E-state index contributed by atoms with van der Waals surface area (Å²) in [6.07, 6.45) is 10.7. The molecular formula is C15H27N. The minimum Gasteiger partial charge on any atom is -0.303 e. The van der Waals surface area contributed by atoms with Crippen molar-refractivity contribution in [3.8, 4) is 0 Å². The van der Waals surface area contributed by atoms with Gasteiger partial charge in [-0.25, -0.2) is 0 Å². The molecular weight excluding hydrogens is 194 g/mol. The summed E-state index contributed by atoms with van der Waals surface area (Å²) in [6.45, 7) is 9.68. The molecule has 92 valence electrons. The molecule has 1 rings (SSSR count). The first-order valence-corrected chi connectivity index (χ1v) is 6.68. The Kier molecular flexibility index (Phi) is 5.83. The second kappa shape index (κ2) is 6.90. The van der Waals surface area contributed by atoms with Crippen LogP contribution >= 0.6 is 0 Å². The Hall–Kier alpha value is -0.560. The molecule has 2 atom stereocenters. The SMILES string of the molecule is C=CCCCC=C(C)C(CC)C1CCN1C. The normalized spacial score (nSPS) is 23.9. The van der Waals surface area contributed by atoms with Crippen LogP contribution in [0.4, 0.5) is 0 Å². The van der Waals surface area contributed by atoms with Gasteiger partial charge in [0.05, 0.1) is 0 Å². The van der Waals surface area contributed by atoms with Gasteiger partial charge in [-0.05, 0) is 58.5 Å². The van der Waals surface area contributed by atoms with Crippen LogP contribution in [0.15, 0.2) is 24.3 Å². The van der Waals surface area contributed by atoms with Gasteiger partial charge in [0.15, 0.2) is 0 Å². The fourth-order valence-electron chi connectivity index (χ4n) is 2.69. The average molecular weight is 221 g/mol. The van der Waals surface area contributed by atoms with E-state index in [0.29, 0.717) is 0 Å². The number of likely N-dealkylation sites (tertiary alicyclic amines) is 1. The number of unbranched alkanes of at least 4 members (excludes halogenated alkanes) is 2. The summed E-state index contributed by atoms with van der Waals surface area (Å²) in [5.74, 6) is 0.780. The van der Waals surface area contributed by atoms with E-state index < -0.39 is 0 Å². The molecule has 0 bridgehead atoms. The Morgan fingerprint density at radius 2 is 2.25 bits per heavy atom. The Bertz CT molecular complexity index is 242. The lowest BCUT2D eigenvalue weighted by Crippen LogP contribution is -2.49. The van der Waals surface area contributed by atoms with E-state index in [-0.39, 0.29) is 0 Å². The fraction of sp³-hybridized carbons (Fsp3) is 0.733. The maximum Gasteiger partial charge on any atom is 0.0170 e. The predicted molar refractivity (Wildman–Crippen MR) is 72.6 cm³/mol. The van der Waals surface area contributed by atoms with Crippen LogP contribution in [0.3, 0.4) is 0 Å². The first kappa shape index (κ1) is 13.5. The van der Waals surface area contributed by atoms with Gasteiger partial charge >= 0.3 is 0 Å². The van der Waals surface area contributed by atoms with Crippen LogP contribution in [0.1, 0.15) is 46.0 Å². The first-order chi connectivity index (χ1) is 7.70. The van der Waals surface area contributed by atoms with Crippen molar-refractivity contribution in [1.82, 2.24) is 4.90 Å². The maximum absolute atomic E-state index is 3.76. The number of rotatable bonds is 7. The lowest BCUT2D eigenvalue weighted by molar-refractivity contribution is 0.0845. The summed E-state index contributed by atoms with van der Waals surface area (Å²) in [5, 5.41) is 0. The highest BCUT2D eigenvalue weighted by molar-refractivity contribution is 5.09. The summed E-state index contributed by atoms with van der Waals surface area (Å²) in [6, 6.07) is 0.806. The van der Waals surface area contributed by atoms with Crippen LogP contribution in [-0.4, -0.2) is 24.5 Å². The molecule has 1 nitrogen and oxygen atoms in total. The van der Waals surface area contributed by atoms with Gasteiger partial charge < -0.3 is 4.90 Å². The standard InChI is InChI=1S/C15H27N/c1-5-7-8-9-10-13(3)14(6-2)15-11-12-16(15)4/h5,10,14-15H,1,6-9,11-12H2,2-4H3. The molecule has 0 aromatic rings. The van der Waals surface area contributed by atoms with E-state index in [0.717, 1.165) is 18.4 Å². The van der Waals surface area contributed by atoms with Crippen molar-refractivity contribution in [2.24, 2.45) is 5.92 Å². The van der Waals surface area contributed by atoms with Crippen molar-refractivity contribution < 1.29 is 0 Å². The van der Waals surface area contributed by atoms with Gasteiger partial charge in [-0.15, -0.1) is 6.58 Å². The summed E-state index contributed by atoms with van der Waals surface area (Å²) >= 11 is 0. The Morgan fingerprint density at radius 3 is 2.69 bits per heavy atom. The number of nitrogens with zero attached hydrogens (tertiary/aromatic N) is 1. The van der Waals surface area contributed by atoms with E-state index in [4.69, 9.17) is 0 Å². The molecule has 1 fully saturated rings. The van der Waals surface area contributed by atoms with Crippen LogP contribution < -0.4 is 0 Å². The van der Waals surface area contributed by atoms with Crippen LogP contribution in [-0.2, 0) is 0 Å². The van der Waals surface area contributed by atoms with Crippen LogP contribution in [0.2, 0.25) is 0 Å². The van der Waals surface area contributed by atoms with E-state index in [1.165, 1.54) is 32.2 Å². The van der Waals surface area contributed by atoms with E-state index >= 15 is 0 Å². The molecule has 2 unspecified atom stereocenters. The molecule has 1 aliphatic heterocycles. The topological polar surface area (TPSA) is 3.24 Å². The van der Waals surface area contributed by atoms with E-state index in [1.807, 2.05) is 6.08 Å². The first-order valence-electron chi connectivity index (χ1n) is 6.68. The van der Waals surface area contributed by atoms with Gasteiger partial charge in [0.2, 0.25) is 0 Å². The zero-order valence-corrected chi connectivity index (χ0v) is 11.2. The van der Waals surface area contributed by atoms with Crippen molar-refractivity contribution in [1.29, 1.82) is 0 Å².